The molecular weight excluding hydrogens is 397 g/mol. The molecule has 0 saturated carbocycles. The molecule has 1 heterocycles. The highest BCUT2D eigenvalue weighted by atomic mass is 32.2. The number of carbonyl (C=O) groups is 1. The minimum Gasteiger partial charge on any atom is -0.478 e. The molecular formula is C21H20FNO5S. The molecule has 8 heteroatoms. The molecule has 0 aliphatic heterocycles. The summed E-state index contributed by atoms with van der Waals surface area (Å²) < 4.78 is 32.1. The Morgan fingerprint density at radius 3 is 2.69 bits per heavy atom. The van der Waals surface area contributed by atoms with Crippen LogP contribution >= 0.6 is 0 Å². The van der Waals surface area contributed by atoms with Crippen LogP contribution in [0.25, 0.3) is 11.0 Å². The van der Waals surface area contributed by atoms with Gasteiger partial charge < -0.3 is 14.8 Å². The van der Waals surface area contributed by atoms with Gasteiger partial charge in [-0.15, -0.1) is 0 Å². The lowest BCUT2D eigenvalue weighted by Crippen LogP contribution is -2.13. The van der Waals surface area contributed by atoms with E-state index >= 15 is 0 Å². The Kier molecular flexibility index (Phi) is 6.12. The van der Waals surface area contributed by atoms with Crippen LogP contribution in [0.5, 0.6) is 0 Å². The number of nitrogens with one attached hydrogen (secondary N) is 1. The first kappa shape index (κ1) is 20.7. The minimum absolute atomic E-state index is 0.0975. The van der Waals surface area contributed by atoms with E-state index in [9.17, 15) is 23.3 Å². The van der Waals surface area contributed by atoms with Crippen LogP contribution in [0.15, 0.2) is 50.7 Å². The summed E-state index contributed by atoms with van der Waals surface area (Å²) in [4.78, 5) is 24.0. The third-order valence-electron chi connectivity index (χ3n) is 4.55. The quantitative estimate of drug-likeness (QED) is 0.608. The Hall–Kier alpha value is -3.00. The average Bonchev–Trinajstić information content (AvgIpc) is 2.70. The van der Waals surface area contributed by atoms with Crippen LogP contribution in [0.4, 0.5) is 10.1 Å². The SMILES string of the molecule is CC[S@](=O)c1oc2c(CCNc3ccccc3C(=O)O)cc(F)cc2c(=O)c1C. The summed E-state index contributed by atoms with van der Waals surface area (Å²) >= 11 is 0. The normalized spacial score (nSPS) is 12.1. The molecule has 3 aromatic rings. The molecule has 0 aliphatic carbocycles. The molecule has 1 aromatic heterocycles. The van der Waals surface area contributed by atoms with Crippen molar-refractivity contribution in [3.8, 4) is 0 Å². The van der Waals surface area contributed by atoms with E-state index in [1.54, 1.807) is 25.1 Å². The van der Waals surface area contributed by atoms with Gasteiger partial charge in [-0.3, -0.25) is 9.00 Å². The number of hydrogen-bond donors (Lipinski definition) is 2. The van der Waals surface area contributed by atoms with Gasteiger partial charge in [-0.2, -0.15) is 0 Å². The van der Waals surface area contributed by atoms with Crippen molar-refractivity contribution >= 4 is 33.4 Å². The van der Waals surface area contributed by atoms with Gasteiger partial charge >= 0.3 is 5.97 Å². The number of hydrogen-bond acceptors (Lipinski definition) is 5. The Labute approximate surface area is 168 Å². The fraction of sp³-hybridized carbons (Fsp3) is 0.238. The van der Waals surface area contributed by atoms with E-state index in [2.05, 4.69) is 5.32 Å². The van der Waals surface area contributed by atoms with Crippen molar-refractivity contribution in [3.63, 3.8) is 0 Å². The predicted octanol–water partition coefficient (Wildman–Crippen LogP) is 3.72. The van der Waals surface area contributed by atoms with Crippen LogP contribution in [0, 0.1) is 12.7 Å². The molecule has 0 amide bonds. The number of carboxylic acids is 1. The summed E-state index contributed by atoms with van der Waals surface area (Å²) in [7, 11) is -1.47. The molecule has 0 saturated heterocycles. The molecule has 0 unspecified atom stereocenters. The number of benzene rings is 2. The maximum Gasteiger partial charge on any atom is 0.337 e. The minimum atomic E-state index is -1.47. The Morgan fingerprint density at radius 1 is 1.28 bits per heavy atom. The second kappa shape index (κ2) is 8.57. The molecule has 2 N–H and O–H groups in total. The van der Waals surface area contributed by atoms with E-state index in [4.69, 9.17) is 4.42 Å². The summed E-state index contributed by atoms with van der Waals surface area (Å²) in [5, 5.41) is 12.5. The summed E-state index contributed by atoms with van der Waals surface area (Å²) in [5.74, 6) is -1.34. The first-order chi connectivity index (χ1) is 13.8. The number of fused-ring (bicyclic) bond motifs is 1. The monoisotopic (exact) mass is 417 g/mol. The van der Waals surface area contributed by atoms with Gasteiger partial charge in [-0.25, -0.2) is 9.18 Å². The van der Waals surface area contributed by atoms with Crippen LogP contribution in [-0.2, 0) is 17.2 Å². The number of rotatable bonds is 7. The van der Waals surface area contributed by atoms with Gasteiger partial charge in [0.1, 0.15) is 11.4 Å². The summed E-state index contributed by atoms with van der Waals surface area (Å²) in [6, 6.07) is 8.84. The second-order valence-electron chi connectivity index (χ2n) is 6.45. The van der Waals surface area contributed by atoms with Gasteiger partial charge in [-0.1, -0.05) is 19.1 Å². The highest BCUT2D eigenvalue weighted by Gasteiger charge is 2.18. The maximum atomic E-state index is 14.1. The Balaban J connectivity index is 1.97. The molecule has 1 atom stereocenters. The molecule has 0 bridgehead atoms. The van der Waals surface area contributed by atoms with Crippen molar-refractivity contribution in [2.45, 2.75) is 25.4 Å². The van der Waals surface area contributed by atoms with Crippen molar-refractivity contribution in [1.82, 2.24) is 0 Å². The van der Waals surface area contributed by atoms with Gasteiger partial charge in [0.15, 0.2) is 10.5 Å². The zero-order valence-corrected chi connectivity index (χ0v) is 16.8. The first-order valence-electron chi connectivity index (χ1n) is 9.03. The van der Waals surface area contributed by atoms with Crippen molar-refractivity contribution < 1.29 is 22.9 Å². The molecule has 3 rings (SSSR count). The highest BCUT2D eigenvalue weighted by molar-refractivity contribution is 7.84. The third kappa shape index (κ3) is 4.22. The molecule has 2 aromatic carbocycles. The molecule has 0 spiro atoms. The molecule has 0 radical (unpaired) electrons. The highest BCUT2D eigenvalue weighted by Crippen LogP contribution is 2.24. The van der Waals surface area contributed by atoms with Crippen LogP contribution in [0.2, 0.25) is 0 Å². The van der Waals surface area contributed by atoms with Gasteiger partial charge in [0, 0.05) is 29.1 Å². The van der Waals surface area contributed by atoms with Crippen LogP contribution in [0.3, 0.4) is 0 Å². The average molecular weight is 417 g/mol. The lowest BCUT2D eigenvalue weighted by Gasteiger charge is -2.12. The number of aromatic carboxylic acids is 1. The number of halogens is 1. The largest absolute Gasteiger partial charge is 0.478 e. The number of para-hydroxylation sites is 1. The molecule has 0 fully saturated rings. The van der Waals surface area contributed by atoms with E-state index in [-0.39, 0.29) is 40.2 Å². The van der Waals surface area contributed by atoms with Gasteiger partial charge in [0.05, 0.1) is 21.7 Å². The Morgan fingerprint density at radius 2 is 2.00 bits per heavy atom. The van der Waals surface area contributed by atoms with Gasteiger partial charge in [-0.05, 0) is 37.6 Å². The first-order valence-corrected chi connectivity index (χ1v) is 10.4. The number of anilines is 1. The lowest BCUT2D eigenvalue weighted by molar-refractivity contribution is 0.0698. The molecule has 152 valence electrons. The van der Waals surface area contributed by atoms with E-state index < -0.39 is 28.0 Å². The summed E-state index contributed by atoms with van der Waals surface area (Å²) in [6.07, 6.45) is 0.270. The van der Waals surface area contributed by atoms with E-state index in [1.165, 1.54) is 19.1 Å². The van der Waals surface area contributed by atoms with E-state index in [1.807, 2.05) is 0 Å². The van der Waals surface area contributed by atoms with Crippen molar-refractivity contribution in [3.05, 3.63) is 69.1 Å². The predicted molar refractivity (Wildman–Crippen MR) is 110 cm³/mol. The fourth-order valence-corrected chi connectivity index (χ4v) is 3.97. The maximum absolute atomic E-state index is 14.1. The summed E-state index contributed by atoms with van der Waals surface area (Å²) in [6.45, 7) is 3.52. The van der Waals surface area contributed by atoms with Gasteiger partial charge in [0.25, 0.3) is 0 Å². The zero-order chi connectivity index (χ0) is 21.1. The van der Waals surface area contributed by atoms with E-state index in [0.29, 0.717) is 17.0 Å². The van der Waals surface area contributed by atoms with Crippen molar-refractivity contribution in [1.29, 1.82) is 0 Å². The second-order valence-corrected chi connectivity index (χ2v) is 8.09. The van der Waals surface area contributed by atoms with Gasteiger partial charge in [0.2, 0.25) is 0 Å². The smallest absolute Gasteiger partial charge is 0.337 e. The van der Waals surface area contributed by atoms with Crippen LogP contribution in [-0.4, -0.2) is 27.6 Å². The standard InChI is InChI=1S/C21H20FNO5S/c1-3-29(27)21-12(2)18(24)16-11-14(22)10-13(19(16)28-21)8-9-23-17-7-5-4-6-15(17)20(25)26/h4-7,10-11,23H,3,8-9H2,1-2H3,(H,25,26)/t29-/m0/s1. The lowest BCUT2D eigenvalue weighted by atomic mass is 10.1. The molecule has 6 nitrogen and oxygen atoms in total. The van der Waals surface area contributed by atoms with Crippen molar-refractivity contribution in [2.75, 3.05) is 17.6 Å². The molecule has 0 aliphatic rings. The van der Waals surface area contributed by atoms with Crippen LogP contribution in [0.1, 0.15) is 28.4 Å². The summed E-state index contributed by atoms with van der Waals surface area (Å²) in [5.41, 5.74) is 1.000. The zero-order valence-electron chi connectivity index (χ0n) is 16.0. The van der Waals surface area contributed by atoms with Crippen molar-refractivity contribution in [2.24, 2.45) is 0 Å². The van der Waals surface area contributed by atoms with E-state index in [0.717, 1.165) is 6.07 Å². The topological polar surface area (TPSA) is 96.6 Å². The third-order valence-corrected chi connectivity index (χ3v) is 5.88. The fourth-order valence-electron chi connectivity index (χ4n) is 3.09. The Bertz CT molecular complexity index is 1170. The van der Waals surface area contributed by atoms with Crippen LogP contribution < -0.4 is 10.7 Å². The number of carboxylic acid groups (broad SMARTS) is 1. The molecule has 29 heavy (non-hydrogen) atoms.